The third-order valence-electron chi connectivity index (χ3n) is 4.72. The Morgan fingerprint density at radius 2 is 1.84 bits per heavy atom. The molecule has 0 aliphatic carbocycles. The van der Waals surface area contributed by atoms with Crippen molar-refractivity contribution in [3.63, 3.8) is 0 Å². The summed E-state index contributed by atoms with van der Waals surface area (Å²) in [5, 5.41) is 7.51. The molecule has 1 aromatic carbocycles. The summed E-state index contributed by atoms with van der Waals surface area (Å²) >= 11 is 3.44. The maximum absolute atomic E-state index is 12.3. The van der Waals surface area contributed by atoms with Crippen LogP contribution in [0.5, 0.6) is 0 Å². The Labute approximate surface area is 159 Å². The normalized spacial score (nSPS) is 13.5. The van der Waals surface area contributed by atoms with Crippen LogP contribution in [-0.4, -0.2) is 15.7 Å². The number of hydrogen-bond acceptors (Lipinski definition) is 2. The molecule has 0 fully saturated rings. The number of aromatic nitrogens is 2. The van der Waals surface area contributed by atoms with Gasteiger partial charge in [0.15, 0.2) is 0 Å². The minimum atomic E-state index is 0.0575. The van der Waals surface area contributed by atoms with Crippen molar-refractivity contribution in [2.24, 2.45) is 0 Å². The van der Waals surface area contributed by atoms with Crippen LogP contribution in [0.1, 0.15) is 68.8 Å². The van der Waals surface area contributed by atoms with Gasteiger partial charge in [0, 0.05) is 19.2 Å². The zero-order valence-electron chi connectivity index (χ0n) is 15.6. The number of rotatable bonds is 8. The Kier molecular flexibility index (Phi) is 7.24. The van der Waals surface area contributed by atoms with Gasteiger partial charge in [-0.1, -0.05) is 45.0 Å². The smallest absolute Gasteiger partial charge is 0.222 e. The van der Waals surface area contributed by atoms with Gasteiger partial charge in [0.2, 0.25) is 5.91 Å². The van der Waals surface area contributed by atoms with Gasteiger partial charge >= 0.3 is 0 Å². The average Bonchev–Trinajstić information content (AvgIpc) is 2.95. The number of amides is 1. The van der Waals surface area contributed by atoms with Gasteiger partial charge in [-0.3, -0.25) is 9.48 Å². The summed E-state index contributed by atoms with van der Waals surface area (Å²) in [5.41, 5.74) is 3.46. The Bertz CT molecular complexity index is 674. The molecule has 25 heavy (non-hydrogen) atoms. The summed E-state index contributed by atoms with van der Waals surface area (Å²) in [5.74, 6) is 0.627. The summed E-state index contributed by atoms with van der Waals surface area (Å²) in [6.07, 6.45) is 4.35. The molecule has 1 aromatic heterocycles. The highest BCUT2D eigenvalue weighted by molar-refractivity contribution is 9.10. The van der Waals surface area contributed by atoms with Crippen molar-refractivity contribution >= 4 is 21.8 Å². The van der Waals surface area contributed by atoms with Crippen molar-refractivity contribution in [1.82, 2.24) is 15.1 Å². The highest BCUT2D eigenvalue weighted by Gasteiger charge is 2.14. The van der Waals surface area contributed by atoms with Crippen LogP contribution in [0.3, 0.4) is 0 Å². The van der Waals surface area contributed by atoms with E-state index in [-0.39, 0.29) is 11.9 Å². The first-order chi connectivity index (χ1) is 11.9. The molecule has 1 heterocycles. The van der Waals surface area contributed by atoms with Crippen LogP contribution >= 0.6 is 15.9 Å². The van der Waals surface area contributed by atoms with Crippen molar-refractivity contribution in [2.45, 2.75) is 65.5 Å². The summed E-state index contributed by atoms with van der Waals surface area (Å²) < 4.78 is 2.78. The van der Waals surface area contributed by atoms with Gasteiger partial charge in [0.05, 0.1) is 16.2 Å². The molecule has 0 spiro atoms. The van der Waals surface area contributed by atoms with Crippen LogP contribution in [0.4, 0.5) is 0 Å². The molecular formula is C20H28BrN3O. The lowest BCUT2D eigenvalue weighted by Gasteiger charge is -2.19. The van der Waals surface area contributed by atoms with Crippen LogP contribution in [0.25, 0.3) is 0 Å². The number of benzene rings is 1. The number of nitrogens with one attached hydrogen (secondary N) is 1. The lowest BCUT2D eigenvalue weighted by atomic mass is 9.95. The zero-order valence-corrected chi connectivity index (χ0v) is 17.1. The van der Waals surface area contributed by atoms with Crippen molar-refractivity contribution in [1.29, 1.82) is 0 Å². The van der Waals surface area contributed by atoms with E-state index in [4.69, 9.17) is 0 Å². The maximum Gasteiger partial charge on any atom is 0.222 e. The highest BCUT2D eigenvalue weighted by atomic mass is 79.9. The topological polar surface area (TPSA) is 46.9 Å². The van der Waals surface area contributed by atoms with E-state index < -0.39 is 0 Å². The molecule has 0 saturated heterocycles. The molecule has 2 aromatic rings. The Morgan fingerprint density at radius 3 is 2.36 bits per heavy atom. The summed E-state index contributed by atoms with van der Waals surface area (Å²) in [4.78, 5) is 12.3. The quantitative estimate of drug-likeness (QED) is 0.661. The first-order valence-corrected chi connectivity index (χ1v) is 9.82. The number of nitrogens with zero attached hydrogens (tertiary/aromatic N) is 2. The van der Waals surface area contributed by atoms with Crippen molar-refractivity contribution < 1.29 is 4.79 Å². The fourth-order valence-corrected chi connectivity index (χ4v) is 3.12. The molecular weight excluding hydrogens is 378 g/mol. The fourth-order valence-electron chi connectivity index (χ4n) is 2.80. The van der Waals surface area contributed by atoms with Gasteiger partial charge in [-0.25, -0.2) is 0 Å². The number of aryl methyl sites for hydroxylation is 2. The van der Waals surface area contributed by atoms with E-state index in [9.17, 15) is 4.79 Å². The van der Waals surface area contributed by atoms with Gasteiger partial charge in [-0.15, -0.1) is 0 Å². The number of hydrogen-bond donors (Lipinski definition) is 1. The van der Waals surface area contributed by atoms with Crippen molar-refractivity contribution in [3.8, 4) is 0 Å². The minimum Gasteiger partial charge on any atom is -0.349 e. The van der Waals surface area contributed by atoms with Crippen molar-refractivity contribution in [3.05, 3.63) is 51.8 Å². The standard InChI is InChI=1S/C20H28BrN3O/c1-5-14(3)16-7-9-17(10-8-16)19(6-2)22-20(25)11-12-24-13-18(21)15(4)23-24/h7-10,13-14,19H,5-6,11-12H2,1-4H3,(H,22,25). The van der Waals surface area contributed by atoms with E-state index in [0.29, 0.717) is 18.9 Å². The number of carbonyl (C=O) groups excluding carboxylic acids is 1. The van der Waals surface area contributed by atoms with Crippen LogP contribution < -0.4 is 5.32 Å². The van der Waals surface area contributed by atoms with Crippen LogP contribution in [-0.2, 0) is 11.3 Å². The molecule has 136 valence electrons. The van der Waals surface area contributed by atoms with Gasteiger partial charge in [-0.2, -0.15) is 5.10 Å². The molecule has 0 bridgehead atoms. The first kappa shape index (κ1) is 19.7. The molecule has 2 rings (SSSR count). The summed E-state index contributed by atoms with van der Waals surface area (Å²) in [7, 11) is 0. The third-order valence-corrected chi connectivity index (χ3v) is 5.50. The lowest BCUT2D eigenvalue weighted by Crippen LogP contribution is -2.29. The van der Waals surface area contributed by atoms with Crippen LogP contribution in [0, 0.1) is 6.92 Å². The van der Waals surface area contributed by atoms with Crippen LogP contribution in [0.2, 0.25) is 0 Å². The molecule has 5 heteroatoms. The third kappa shape index (κ3) is 5.43. The maximum atomic E-state index is 12.3. The van der Waals surface area contributed by atoms with Crippen LogP contribution in [0.15, 0.2) is 34.9 Å². The molecule has 4 nitrogen and oxygen atoms in total. The SMILES string of the molecule is CCC(C)c1ccc(C(CC)NC(=O)CCn2cc(Br)c(C)n2)cc1. The van der Waals surface area contributed by atoms with E-state index in [0.717, 1.165) is 23.0 Å². The molecule has 0 radical (unpaired) electrons. The molecule has 2 atom stereocenters. The van der Waals surface area contributed by atoms with Gasteiger partial charge < -0.3 is 5.32 Å². The number of halogens is 1. The molecule has 0 aliphatic heterocycles. The lowest BCUT2D eigenvalue weighted by molar-refractivity contribution is -0.122. The monoisotopic (exact) mass is 405 g/mol. The average molecular weight is 406 g/mol. The predicted octanol–water partition coefficient (Wildman–Crippen LogP) is 5.13. The Morgan fingerprint density at radius 1 is 1.20 bits per heavy atom. The van der Waals surface area contributed by atoms with Gasteiger partial charge in [0.25, 0.3) is 0 Å². The molecule has 1 N–H and O–H groups in total. The molecule has 0 aliphatic rings. The minimum absolute atomic E-state index is 0.0575. The van der Waals surface area contributed by atoms with Crippen molar-refractivity contribution in [2.75, 3.05) is 0 Å². The second kappa shape index (κ2) is 9.18. The van der Waals surface area contributed by atoms with E-state index in [1.54, 1.807) is 4.68 Å². The van der Waals surface area contributed by atoms with E-state index >= 15 is 0 Å². The largest absolute Gasteiger partial charge is 0.349 e. The Hall–Kier alpha value is -1.62. The molecule has 2 unspecified atom stereocenters. The highest BCUT2D eigenvalue weighted by Crippen LogP contribution is 2.23. The summed E-state index contributed by atoms with van der Waals surface area (Å²) in [6, 6.07) is 8.71. The fraction of sp³-hybridized carbons (Fsp3) is 0.500. The van der Waals surface area contributed by atoms with Gasteiger partial charge in [-0.05, 0) is 52.7 Å². The first-order valence-electron chi connectivity index (χ1n) is 9.03. The van der Waals surface area contributed by atoms with E-state index in [1.165, 1.54) is 11.1 Å². The van der Waals surface area contributed by atoms with Gasteiger partial charge in [0.1, 0.15) is 0 Å². The predicted molar refractivity (Wildman–Crippen MR) is 106 cm³/mol. The molecule has 0 saturated carbocycles. The molecule has 1 amide bonds. The Balaban J connectivity index is 1.92. The second-order valence-electron chi connectivity index (χ2n) is 6.58. The van der Waals surface area contributed by atoms with E-state index in [2.05, 4.69) is 71.4 Å². The zero-order chi connectivity index (χ0) is 18.4. The number of carbonyl (C=O) groups is 1. The van der Waals surface area contributed by atoms with E-state index in [1.807, 2.05) is 13.1 Å². The summed E-state index contributed by atoms with van der Waals surface area (Å²) in [6.45, 7) is 9.07. The second-order valence-corrected chi connectivity index (χ2v) is 7.43.